The van der Waals surface area contributed by atoms with Crippen LogP contribution in [0.2, 0.25) is 0 Å². The van der Waals surface area contributed by atoms with Gasteiger partial charge in [0.15, 0.2) is 0 Å². The summed E-state index contributed by atoms with van der Waals surface area (Å²) in [4.78, 5) is 0. The first-order valence-electron chi connectivity index (χ1n) is 10.6. The molecule has 0 aromatic heterocycles. The first-order chi connectivity index (χ1) is 11.8. The van der Waals surface area contributed by atoms with Crippen LogP contribution >= 0.6 is 0 Å². The highest BCUT2D eigenvalue weighted by Gasteiger charge is 2.29. The van der Waals surface area contributed by atoms with Crippen LogP contribution in [0.15, 0.2) is 0 Å². The molecule has 25 heavy (non-hydrogen) atoms. The zero-order chi connectivity index (χ0) is 19.0. The average Bonchev–Trinajstić information content (AvgIpc) is 2.97. The molecule has 1 N–H and O–H groups in total. The normalized spacial score (nSPS) is 16.5. The number of quaternary nitrogens is 1. The Kier molecular flexibility index (Phi) is 14.9. The maximum absolute atomic E-state index is 9.19. The van der Waals surface area contributed by atoms with E-state index in [1.807, 2.05) is 0 Å². The number of unbranched alkanes of at least 4 members (excludes halogenated alkanes) is 9. The summed E-state index contributed by atoms with van der Waals surface area (Å²) in [5.41, 5.74) is 0. The molecule has 0 amide bonds. The van der Waals surface area contributed by atoms with Crippen LogP contribution in [-0.4, -0.2) is 49.9 Å². The zero-order valence-corrected chi connectivity index (χ0v) is 18.0. The fourth-order valence-corrected chi connectivity index (χ4v) is 3.97. The fourth-order valence-electron chi connectivity index (χ4n) is 3.97. The fraction of sp³-hybridized carbons (Fsp3) is 1.00. The standard InChI is InChI=1S/C19H40N.CH4O3S/c1-3-5-6-7-8-9-10-11-12-13-17-20(16-4-2)18-14-15-19-20;1-5(2,3)4/h3-19H2,1-2H3;1H3,(H,2,3,4)/q+1;. The van der Waals surface area contributed by atoms with E-state index < -0.39 is 10.1 Å². The van der Waals surface area contributed by atoms with Gasteiger partial charge in [0.05, 0.1) is 32.4 Å². The number of rotatable bonds is 13. The molecule has 1 rings (SSSR count). The van der Waals surface area contributed by atoms with E-state index in [1.165, 1.54) is 114 Å². The molecule has 0 atom stereocenters. The largest absolute Gasteiger partial charge is 0.324 e. The molecule has 0 aromatic rings. The van der Waals surface area contributed by atoms with E-state index in [2.05, 4.69) is 13.8 Å². The van der Waals surface area contributed by atoms with E-state index in [-0.39, 0.29) is 0 Å². The third kappa shape index (κ3) is 17.1. The monoisotopic (exact) mass is 378 g/mol. The summed E-state index contributed by atoms with van der Waals surface area (Å²) in [6, 6.07) is 0. The number of nitrogens with zero attached hydrogens (tertiary/aromatic N) is 1. The van der Waals surface area contributed by atoms with Crippen LogP contribution in [0.4, 0.5) is 0 Å². The topological polar surface area (TPSA) is 54.4 Å². The third-order valence-corrected chi connectivity index (χ3v) is 5.20. The Morgan fingerprint density at radius 2 is 1.12 bits per heavy atom. The van der Waals surface area contributed by atoms with Crippen molar-refractivity contribution in [3.63, 3.8) is 0 Å². The maximum Gasteiger partial charge on any atom is 0.261 e. The van der Waals surface area contributed by atoms with Crippen LogP contribution in [0.1, 0.15) is 97.3 Å². The molecular weight excluding hydrogens is 334 g/mol. The van der Waals surface area contributed by atoms with Crippen LogP contribution in [-0.2, 0) is 10.1 Å². The highest BCUT2D eigenvalue weighted by Crippen LogP contribution is 2.21. The lowest BCUT2D eigenvalue weighted by atomic mass is 10.1. The number of hydrogen-bond donors (Lipinski definition) is 1. The van der Waals surface area contributed by atoms with Crippen LogP contribution < -0.4 is 0 Å². The van der Waals surface area contributed by atoms with E-state index in [0.717, 1.165) is 0 Å². The maximum atomic E-state index is 9.19. The quantitative estimate of drug-likeness (QED) is 0.264. The Labute approximate surface area is 157 Å². The van der Waals surface area contributed by atoms with E-state index in [4.69, 9.17) is 4.55 Å². The molecule has 0 unspecified atom stereocenters. The summed E-state index contributed by atoms with van der Waals surface area (Å²) in [7, 11) is -3.67. The summed E-state index contributed by atoms with van der Waals surface area (Å²) in [5.74, 6) is 0. The Balaban J connectivity index is 0.00000101. The van der Waals surface area contributed by atoms with E-state index in [0.29, 0.717) is 6.26 Å². The Hall–Kier alpha value is -0.130. The van der Waals surface area contributed by atoms with E-state index in [9.17, 15) is 8.42 Å². The van der Waals surface area contributed by atoms with Gasteiger partial charge in [-0.05, 0) is 19.3 Å². The van der Waals surface area contributed by atoms with Gasteiger partial charge in [0.1, 0.15) is 0 Å². The first-order valence-corrected chi connectivity index (χ1v) is 12.5. The molecule has 0 aromatic carbocycles. The molecule has 0 spiro atoms. The van der Waals surface area contributed by atoms with Gasteiger partial charge in [-0.3, -0.25) is 4.55 Å². The van der Waals surface area contributed by atoms with Crippen molar-refractivity contribution in [2.45, 2.75) is 97.3 Å². The molecule has 152 valence electrons. The molecule has 4 nitrogen and oxygen atoms in total. The molecule has 0 saturated carbocycles. The predicted molar refractivity (Wildman–Crippen MR) is 109 cm³/mol. The van der Waals surface area contributed by atoms with Crippen molar-refractivity contribution in [3.05, 3.63) is 0 Å². The second-order valence-electron chi connectivity index (χ2n) is 7.86. The molecule has 0 bridgehead atoms. The van der Waals surface area contributed by atoms with Crippen molar-refractivity contribution in [1.82, 2.24) is 0 Å². The summed E-state index contributed by atoms with van der Waals surface area (Å²) in [5, 5.41) is 0. The minimum absolute atomic E-state index is 0.715. The predicted octanol–water partition coefficient (Wildman–Crippen LogP) is 5.43. The SMILES string of the molecule is CCCCCCCCCCCC[N+]1(CCC)CCCC1.CS(=O)(=O)O. The Morgan fingerprint density at radius 3 is 1.52 bits per heavy atom. The van der Waals surface area contributed by atoms with Gasteiger partial charge in [-0.15, -0.1) is 0 Å². The zero-order valence-electron chi connectivity index (χ0n) is 17.1. The van der Waals surface area contributed by atoms with E-state index >= 15 is 0 Å². The van der Waals surface area contributed by atoms with Crippen molar-refractivity contribution >= 4 is 10.1 Å². The van der Waals surface area contributed by atoms with Crippen molar-refractivity contribution in [3.8, 4) is 0 Å². The molecule has 1 fully saturated rings. The van der Waals surface area contributed by atoms with Gasteiger partial charge in [0, 0.05) is 12.8 Å². The average molecular weight is 379 g/mol. The molecular formula is C20H44NO3S+. The highest BCUT2D eigenvalue weighted by atomic mass is 32.2. The molecule has 1 saturated heterocycles. The smallest absolute Gasteiger partial charge is 0.261 e. The molecule has 1 heterocycles. The van der Waals surface area contributed by atoms with Gasteiger partial charge in [-0.25, -0.2) is 0 Å². The lowest BCUT2D eigenvalue weighted by Gasteiger charge is -2.34. The van der Waals surface area contributed by atoms with Crippen LogP contribution in [0.3, 0.4) is 0 Å². The van der Waals surface area contributed by atoms with E-state index in [1.54, 1.807) is 0 Å². The lowest BCUT2D eigenvalue weighted by molar-refractivity contribution is -0.917. The summed E-state index contributed by atoms with van der Waals surface area (Å²) in [6.45, 7) is 10.5. The Morgan fingerprint density at radius 1 is 0.720 bits per heavy atom. The molecule has 0 radical (unpaired) electrons. The molecule has 0 aliphatic carbocycles. The van der Waals surface area contributed by atoms with Crippen LogP contribution in [0, 0.1) is 0 Å². The van der Waals surface area contributed by atoms with Crippen LogP contribution in [0.5, 0.6) is 0 Å². The second-order valence-corrected chi connectivity index (χ2v) is 9.32. The molecule has 1 aliphatic rings. The van der Waals surface area contributed by atoms with Gasteiger partial charge in [0.2, 0.25) is 0 Å². The van der Waals surface area contributed by atoms with Crippen molar-refractivity contribution < 1.29 is 17.5 Å². The molecule has 5 heteroatoms. The first kappa shape index (κ1) is 24.9. The number of hydrogen-bond acceptors (Lipinski definition) is 2. The van der Waals surface area contributed by atoms with Gasteiger partial charge in [0.25, 0.3) is 10.1 Å². The van der Waals surface area contributed by atoms with Gasteiger partial charge in [-0.1, -0.05) is 65.2 Å². The van der Waals surface area contributed by atoms with Crippen molar-refractivity contribution in [1.29, 1.82) is 0 Å². The Bertz CT molecular complexity index is 382. The molecule has 1 aliphatic heterocycles. The second kappa shape index (κ2) is 15.0. The van der Waals surface area contributed by atoms with Gasteiger partial charge >= 0.3 is 0 Å². The number of likely N-dealkylation sites (tertiary alicyclic amines) is 1. The minimum atomic E-state index is -3.67. The van der Waals surface area contributed by atoms with Crippen molar-refractivity contribution in [2.24, 2.45) is 0 Å². The third-order valence-electron chi connectivity index (χ3n) is 5.20. The van der Waals surface area contributed by atoms with Crippen LogP contribution in [0.25, 0.3) is 0 Å². The summed E-state index contributed by atoms with van der Waals surface area (Å²) >= 11 is 0. The lowest BCUT2D eigenvalue weighted by Crippen LogP contribution is -2.46. The van der Waals surface area contributed by atoms with Crippen molar-refractivity contribution in [2.75, 3.05) is 32.4 Å². The van der Waals surface area contributed by atoms with Gasteiger partial charge in [-0.2, -0.15) is 8.42 Å². The van der Waals surface area contributed by atoms with Gasteiger partial charge < -0.3 is 4.48 Å². The summed E-state index contributed by atoms with van der Waals surface area (Å²) < 4.78 is 27.3. The minimum Gasteiger partial charge on any atom is -0.324 e. The highest BCUT2D eigenvalue weighted by molar-refractivity contribution is 7.85. The summed E-state index contributed by atoms with van der Waals surface area (Å²) in [6.07, 6.45) is 19.7.